The van der Waals surface area contributed by atoms with Crippen molar-refractivity contribution in [2.24, 2.45) is 5.92 Å². The third-order valence-electron chi connectivity index (χ3n) is 5.71. The van der Waals surface area contributed by atoms with Crippen LogP contribution in [-0.4, -0.2) is 39.4 Å². The van der Waals surface area contributed by atoms with Crippen LogP contribution in [0.3, 0.4) is 0 Å². The topological polar surface area (TPSA) is 33.7 Å². The van der Waals surface area contributed by atoms with Crippen molar-refractivity contribution in [2.45, 2.75) is 25.3 Å². The van der Waals surface area contributed by atoms with Crippen LogP contribution in [0.4, 0.5) is 14.5 Å². The lowest BCUT2D eigenvalue weighted by molar-refractivity contribution is 0.203. The molecule has 0 amide bonds. The molecule has 2 aromatic rings. The molecule has 4 rings (SSSR count). The Kier molecular flexibility index (Phi) is 5.67. The van der Waals surface area contributed by atoms with Crippen molar-refractivity contribution in [1.82, 2.24) is 5.32 Å². The maximum atomic E-state index is 13.5. The van der Waals surface area contributed by atoms with Gasteiger partial charge >= 0.3 is 0 Å². The zero-order chi connectivity index (χ0) is 19.5. The van der Waals surface area contributed by atoms with Gasteiger partial charge in [-0.05, 0) is 43.0 Å². The fraction of sp³-hybridized carbons (Fsp3) is 0.455. The van der Waals surface area contributed by atoms with Crippen LogP contribution in [-0.2, 0) is 6.42 Å². The van der Waals surface area contributed by atoms with Gasteiger partial charge in [-0.15, -0.1) is 0 Å². The average Bonchev–Trinajstić information content (AvgIpc) is 2.74. The fourth-order valence-electron chi connectivity index (χ4n) is 4.11. The second kappa shape index (κ2) is 8.35. The van der Waals surface area contributed by atoms with Crippen LogP contribution in [0, 0.1) is 17.6 Å². The number of fused-ring (bicyclic) bond motifs is 1. The lowest BCUT2D eigenvalue weighted by Crippen LogP contribution is -2.45. The first-order chi connectivity index (χ1) is 13.6. The first kappa shape index (κ1) is 19.0. The standard InChI is InChI=1S/C22H26F2N2O2/c1-27-21-4-2-3-16-11-15(14-28-22(16)21)13-25-17-7-9-26(10-8-17)18-5-6-19(23)20(24)12-18/h2-6,12,15,17,25H,7-11,13-14H2,1H3. The first-order valence-electron chi connectivity index (χ1n) is 9.86. The smallest absolute Gasteiger partial charge is 0.164 e. The summed E-state index contributed by atoms with van der Waals surface area (Å²) in [6, 6.07) is 10.6. The van der Waals surface area contributed by atoms with E-state index in [1.54, 1.807) is 13.2 Å². The van der Waals surface area contributed by atoms with Gasteiger partial charge in [0.1, 0.15) is 0 Å². The van der Waals surface area contributed by atoms with Gasteiger partial charge in [0.25, 0.3) is 0 Å². The molecule has 2 aromatic carbocycles. The highest BCUT2D eigenvalue weighted by atomic mass is 19.2. The SMILES string of the molecule is COc1cccc2c1OCC(CNC1CCN(c3ccc(F)c(F)c3)CC1)C2. The molecular weight excluding hydrogens is 362 g/mol. The van der Waals surface area contributed by atoms with Gasteiger partial charge in [0.15, 0.2) is 23.1 Å². The van der Waals surface area contributed by atoms with E-state index in [0.29, 0.717) is 18.6 Å². The Labute approximate surface area is 164 Å². The summed E-state index contributed by atoms with van der Waals surface area (Å²) in [5.41, 5.74) is 1.95. The van der Waals surface area contributed by atoms with Crippen molar-refractivity contribution in [3.63, 3.8) is 0 Å². The summed E-state index contributed by atoms with van der Waals surface area (Å²) < 4.78 is 37.9. The van der Waals surface area contributed by atoms with Gasteiger partial charge in [-0.3, -0.25) is 0 Å². The third-order valence-corrected chi connectivity index (χ3v) is 5.71. The van der Waals surface area contributed by atoms with Crippen molar-refractivity contribution in [3.05, 3.63) is 53.6 Å². The maximum Gasteiger partial charge on any atom is 0.164 e. The molecule has 150 valence electrons. The summed E-state index contributed by atoms with van der Waals surface area (Å²) >= 11 is 0. The van der Waals surface area contributed by atoms with Crippen LogP contribution in [0.5, 0.6) is 11.5 Å². The zero-order valence-corrected chi connectivity index (χ0v) is 16.1. The number of nitrogens with zero attached hydrogens (tertiary/aromatic N) is 1. The van der Waals surface area contributed by atoms with E-state index >= 15 is 0 Å². The molecule has 1 unspecified atom stereocenters. The molecule has 0 aromatic heterocycles. The largest absolute Gasteiger partial charge is 0.493 e. The van der Waals surface area contributed by atoms with E-state index in [9.17, 15) is 8.78 Å². The Bertz CT molecular complexity index is 822. The minimum atomic E-state index is -0.797. The fourth-order valence-corrected chi connectivity index (χ4v) is 4.11. The zero-order valence-electron chi connectivity index (χ0n) is 16.1. The van der Waals surface area contributed by atoms with Gasteiger partial charge in [0.05, 0.1) is 13.7 Å². The molecule has 2 heterocycles. The second-order valence-electron chi connectivity index (χ2n) is 7.60. The molecule has 1 N–H and O–H groups in total. The van der Waals surface area contributed by atoms with Crippen LogP contribution in [0.2, 0.25) is 0 Å². The van der Waals surface area contributed by atoms with Crippen molar-refractivity contribution in [2.75, 3.05) is 38.3 Å². The van der Waals surface area contributed by atoms with Gasteiger partial charge in [0, 0.05) is 43.3 Å². The Morgan fingerprint density at radius 1 is 1.14 bits per heavy atom. The molecule has 0 bridgehead atoms. The average molecular weight is 388 g/mol. The molecule has 4 nitrogen and oxygen atoms in total. The molecule has 1 fully saturated rings. The van der Waals surface area contributed by atoms with E-state index in [1.165, 1.54) is 17.7 Å². The van der Waals surface area contributed by atoms with Crippen LogP contribution >= 0.6 is 0 Å². The number of methoxy groups -OCH3 is 1. The lowest BCUT2D eigenvalue weighted by atomic mass is 9.95. The number of hydrogen-bond acceptors (Lipinski definition) is 4. The predicted molar refractivity (Wildman–Crippen MR) is 105 cm³/mol. The molecule has 1 saturated heterocycles. The maximum absolute atomic E-state index is 13.5. The number of rotatable bonds is 5. The molecule has 2 aliphatic heterocycles. The van der Waals surface area contributed by atoms with Gasteiger partial charge in [-0.2, -0.15) is 0 Å². The van der Waals surface area contributed by atoms with E-state index in [2.05, 4.69) is 16.3 Å². The minimum Gasteiger partial charge on any atom is -0.493 e. The molecule has 0 radical (unpaired) electrons. The van der Waals surface area contributed by atoms with E-state index in [4.69, 9.17) is 9.47 Å². The molecule has 0 spiro atoms. The monoisotopic (exact) mass is 388 g/mol. The van der Waals surface area contributed by atoms with Crippen LogP contribution < -0.4 is 19.7 Å². The normalized spacial score (nSPS) is 19.8. The minimum absolute atomic E-state index is 0.434. The summed E-state index contributed by atoms with van der Waals surface area (Å²) in [4.78, 5) is 2.12. The quantitative estimate of drug-likeness (QED) is 0.845. The van der Waals surface area contributed by atoms with Crippen molar-refractivity contribution in [1.29, 1.82) is 0 Å². The number of benzene rings is 2. The van der Waals surface area contributed by atoms with E-state index in [1.807, 2.05) is 12.1 Å². The number of piperidine rings is 1. The third kappa shape index (κ3) is 4.07. The molecule has 0 aliphatic carbocycles. The number of halogens is 2. The highest BCUT2D eigenvalue weighted by Crippen LogP contribution is 2.36. The van der Waals surface area contributed by atoms with Gasteiger partial charge in [-0.25, -0.2) is 8.78 Å². The number of anilines is 1. The summed E-state index contributed by atoms with van der Waals surface area (Å²) in [7, 11) is 1.67. The van der Waals surface area contributed by atoms with Crippen molar-refractivity contribution >= 4 is 5.69 Å². The van der Waals surface area contributed by atoms with Gasteiger partial charge < -0.3 is 19.7 Å². The summed E-state index contributed by atoms with van der Waals surface area (Å²) in [5, 5.41) is 3.67. The van der Waals surface area contributed by atoms with Gasteiger partial charge in [0.2, 0.25) is 0 Å². The van der Waals surface area contributed by atoms with Crippen molar-refractivity contribution in [3.8, 4) is 11.5 Å². The molecule has 2 aliphatic rings. The molecule has 6 heteroatoms. The summed E-state index contributed by atoms with van der Waals surface area (Å²) in [6.45, 7) is 3.27. The molecule has 0 saturated carbocycles. The second-order valence-corrected chi connectivity index (χ2v) is 7.60. The highest BCUT2D eigenvalue weighted by Gasteiger charge is 2.25. The Balaban J connectivity index is 1.26. The summed E-state index contributed by atoms with van der Waals surface area (Å²) in [6.07, 6.45) is 2.95. The Morgan fingerprint density at radius 3 is 2.71 bits per heavy atom. The van der Waals surface area contributed by atoms with Crippen LogP contribution in [0.1, 0.15) is 18.4 Å². The van der Waals surface area contributed by atoms with Gasteiger partial charge in [-0.1, -0.05) is 12.1 Å². The van der Waals surface area contributed by atoms with E-state index in [0.717, 1.165) is 56.1 Å². The number of para-hydroxylation sites is 1. The van der Waals surface area contributed by atoms with Crippen LogP contribution in [0.15, 0.2) is 36.4 Å². The Hall–Kier alpha value is -2.34. The molecular formula is C22H26F2N2O2. The first-order valence-corrected chi connectivity index (χ1v) is 9.86. The number of nitrogens with one attached hydrogen (secondary N) is 1. The van der Waals surface area contributed by atoms with Crippen LogP contribution in [0.25, 0.3) is 0 Å². The predicted octanol–water partition coefficient (Wildman–Crippen LogP) is 3.78. The van der Waals surface area contributed by atoms with Crippen molar-refractivity contribution < 1.29 is 18.3 Å². The molecule has 1 atom stereocenters. The highest BCUT2D eigenvalue weighted by molar-refractivity contribution is 5.48. The Morgan fingerprint density at radius 2 is 1.96 bits per heavy atom. The van der Waals surface area contributed by atoms with E-state index < -0.39 is 11.6 Å². The summed E-state index contributed by atoms with van der Waals surface area (Å²) in [5.74, 6) is 0.527. The number of hydrogen-bond donors (Lipinski definition) is 1. The van der Waals surface area contributed by atoms with E-state index in [-0.39, 0.29) is 0 Å². The lowest BCUT2D eigenvalue weighted by Gasteiger charge is -2.35. The molecule has 28 heavy (non-hydrogen) atoms. The number of ether oxygens (including phenoxy) is 2.